The Hall–Kier alpha value is -0.260. The van der Waals surface area contributed by atoms with Crippen LogP contribution in [-0.4, -0.2) is 12.6 Å². The molecule has 1 N–H and O–H groups in total. The smallest absolute Gasteiger partial charge is 0.106 e. The van der Waals surface area contributed by atoms with Gasteiger partial charge in [0.25, 0.3) is 0 Å². The molecular formula is C5H9ClN2. The molecule has 2 nitrogen and oxygen atoms in total. The highest BCUT2D eigenvalue weighted by atomic mass is 35.5. The van der Waals surface area contributed by atoms with Gasteiger partial charge in [-0.3, -0.25) is 0 Å². The van der Waals surface area contributed by atoms with Crippen LogP contribution in [0.3, 0.4) is 0 Å². The predicted octanol–water partition coefficient (Wildman–Crippen LogP) is 0.684. The van der Waals surface area contributed by atoms with E-state index in [1.54, 1.807) is 0 Å². The van der Waals surface area contributed by atoms with Gasteiger partial charge in [0, 0.05) is 0 Å². The quantitative estimate of drug-likeness (QED) is 0.570. The molecule has 0 spiro atoms. The minimum Gasteiger partial charge on any atom is -0.302 e. The first kappa shape index (κ1) is 7.74. The normalized spacial score (nSPS) is 20.5. The van der Waals surface area contributed by atoms with Crippen molar-refractivity contribution in [2.24, 2.45) is 0 Å². The minimum absolute atomic E-state index is 0. The highest BCUT2D eigenvalue weighted by molar-refractivity contribution is 5.85. The van der Waals surface area contributed by atoms with Crippen LogP contribution in [-0.2, 0) is 0 Å². The molecule has 1 rings (SSSR count). The number of nitrogens with one attached hydrogen (secondary N) is 1. The molecule has 0 bridgehead atoms. The zero-order chi connectivity index (χ0) is 5.33. The summed E-state index contributed by atoms with van der Waals surface area (Å²) < 4.78 is 0. The van der Waals surface area contributed by atoms with Gasteiger partial charge in [-0.15, -0.1) is 12.4 Å². The maximum absolute atomic E-state index is 8.34. The molecule has 0 saturated heterocycles. The van der Waals surface area contributed by atoms with Crippen molar-refractivity contribution in [2.45, 2.75) is 18.4 Å². The number of rotatable bonds is 1. The van der Waals surface area contributed by atoms with Crippen molar-refractivity contribution in [2.75, 3.05) is 7.05 Å². The molecule has 0 aromatic carbocycles. The minimum atomic E-state index is -0.111. The van der Waals surface area contributed by atoms with Crippen molar-refractivity contribution in [1.29, 1.82) is 5.26 Å². The summed E-state index contributed by atoms with van der Waals surface area (Å²) >= 11 is 0. The van der Waals surface area contributed by atoms with Crippen LogP contribution in [0.5, 0.6) is 0 Å². The molecule has 8 heavy (non-hydrogen) atoms. The summed E-state index contributed by atoms with van der Waals surface area (Å²) in [4.78, 5) is 0. The van der Waals surface area contributed by atoms with Gasteiger partial charge in [-0.05, 0) is 19.9 Å². The standard InChI is InChI=1S/C5H8N2.ClH/c1-7-5(4-6)2-3-5;/h7H,2-3H2,1H3;1H. The summed E-state index contributed by atoms with van der Waals surface area (Å²) in [6, 6.07) is 2.19. The fourth-order valence-electron chi connectivity index (χ4n) is 0.543. The van der Waals surface area contributed by atoms with Crippen LogP contribution in [0.4, 0.5) is 0 Å². The van der Waals surface area contributed by atoms with Crippen LogP contribution in [0.25, 0.3) is 0 Å². The number of halogens is 1. The van der Waals surface area contributed by atoms with E-state index in [2.05, 4.69) is 11.4 Å². The van der Waals surface area contributed by atoms with Crippen LogP contribution < -0.4 is 5.32 Å². The molecule has 0 atom stereocenters. The molecule has 0 radical (unpaired) electrons. The molecule has 3 heteroatoms. The second-order valence-corrected chi connectivity index (χ2v) is 1.94. The van der Waals surface area contributed by atoms with Gasteiger partial charge in [-0.2, -0.15) is 5.26 Å². The van der Waals surface area contributed by atoms with Crippen molar-refractivity contribution in [3.63, 3.8) is 0 Å². The van der Waals surface area contributed by atoms with Crippen molar-refractivity contribution in [3.8, 4) is 6.07 Å². The van der Waals surface area contributed by atoms with Gasteiger partial charge in [-0.1, -0.05) is 0 Å². The number of nitrogens with zero attached hydrogens (tertiary/aromatic N) is 1. The van der Waals surface area contributed by atoms with Crippen LogP contribution in [0.2, 0.25) is 0 Å². The average Bonchev–Trinajstić information content (AvgIpc) is 2.46. The summed E-state index contributed by atoms with van der Waals surface area (Å²) in [7, 11) is 1.83. The molecule has 0 unspecified atom stereocenters. The van der Waals surface area contributed by atoms with Crippen LogP contribution >= 0.6 is 12.4 Å². The molecule has 0 heterocycles. The Morgan fingerprint density at radius 2 is 2.12 bits per heavy atom. The summed E-state index contributed by atoms with van der Waals surface area (Å²) in [6.07, 6.45) is 2.06. The lowest BCUT2D eigenvalue weighted by Gasteiger charge is -1.97. The maximum Gasteiger partial charge on any atom is 0.106 e. The van der Waals surface area contributed by atoms with Gasteiger partial charge in [0.2, 0.25) is 0 Å². The molecule has 1 aliphatic carbocycles. The zero-order valence-electron chi connectivity index (χ0n) is 4.77. The second kappa shape index (κ2) is 2.34. The third kappa shape index (κ3) is 1.12. The van der Waals surface area contributed by atoms with E-state index in [1.807, 2.05) is 7.05 Å². The van der Waals surface area contributed by atoms with E-state index >= 15 is 0 Å². The fourth-order valence-corrected chi connectivity index (χ4v) is 0.543. The van der Waals surface area contributed by atoms with Crippen LogP contribution in [0.1, 0.15) is 12.8 Å². The van der Waals surface area contributed by atoms with Crippen LogP contribution in [0.15, 0.2) is 0 Å². The molecule has 0 aromatic rings. The van der Waals surface area contributed by atoms with Crippen molar-refractivity contribution < 1.29 is 0 Å². The Morgan fingerprint density at radius 1 is 1.62 bits per heavy atom. The Labute approximate surface area is 55.3 Å². The number of hydrogen-bond donors (Lipinski definition) is 1. The van der Waals surface area contributed by atoms with Gasteiger partial charge in [-0.25, -0.2) is 0 Å². The third-order valence-corrected chi connectivity index (χ3v) is 1.44. The molecule has 46 valence electrons. The van der Waals surface area contributed by atoms with Gasteiger partial charge in [0.05, 0.1) is 6.07 Å². The lowest BCUT2D eigenvalue weighted by Crippen LogP contribution is -2.24. The summed E-state index contributed by atoms with van der Waals surface area (Å²) in [5, 5.41) is 11.3. The third-order valence-electron chi connectivity index (χ3n) is 1.44. The van der Waals surface area contributed by atoms with E-state index in [1.165, 1.54) is 0 Å². The molecule has 0 aliphatic heterocycles. The van der Waals surface area contributed by atoms with E-state index in [4.69, 9.17) is 5.26 Å². The monoisotopic (exact) mass is 132 g/mol. The second-order valence-electron chi connectivity index (χ2n) is 1.94. The van der Waals surface area contributed by atoms with E-state index in [9.17, 15) is 0 Å². The van der Waals surface area contributed by atoms with Crippen molar-refractivity contribution in [1.82, 2.24) is 5.32 Å². The Balaban J connectivity index is 0.000000490. The summed E-state index contributed by atoms with van der Waals surface area (Å²) in [5.41, 5.74) is -0.111. The average molecular weight is 133 g/mol. The van der Waals surface area contributed by atoms with E-state index in [0.29, 0.717) is 0 Å². The Kier molecular flexibility index (Phi) is 2.26. The topological polar surface area (TPSA) is 35.8 Å². The molecule has 1 aliphatic rings. The van der Waals surface area contributed by atoms with Crippen LogP contribution in [0, 0.1) is 11.3 Å². The summed E-state index contributed by atoms with van der Waals surface area (Å²) in [5.74, 6) is 0. The van der Waals surface area contributed by atoms with E-state index in [-0.39, 0.29) is 17.9 Å². The SMILES string of the molecule is CNC1(C#N)CC1.Cl. The first-order valence-corrected chi connectivity index (χ1v) is 2.43. The number of nitriles is 1. The van der Waals surface area contributed by atoms with Crippen molar-refractivity contribution in [3.05, 3.63) is 0 Å². The highest BCUT2D eigenvalue weighted by Gasteiger charge is 2.41. The molecule has 0 amide bonds. The molecule has 1 saturated carbocycles. The first-order valence-electron chi connectivity index (χ1n) is 2.43. The van der Waals surface area contributed by atoms with Gasteiger partial charge in [0.1, 0.15) is 5.54 Å². The lowest BCUT2D eigenvalue weighted by molar-refractivity contribution is 0.684. The van der Waals surface area contributed by atoms with E-state index in [0.717, 1.165) is 12.8 Å². The van der Waals surface area contributed by atoms with Crippen molar-refractivity contribution >= 4 is 12.4 Å². The van der Waals surface area contributed by atoms with Gasteiger partial charge < -0.3 is 5.32 Å². The zero-order valence-corrected chi connectivity index (χ0v) is 5.59. The molecule has 1 fully saturated rings. The highest BCUT2D eigenvalue weighted by Crippen LogP contribution is 2.33. The fraction of sp³-hybridized carbons (Fsp3) is 0.800. The Bertz CT molecular complexity index is 112. The molecular weight excluding hydrogens is 124 g/mol. The largest absolute Gasteiger partial charge is 0.302 e. The molecule has 0 aromatic heterocycles. The Morgan fingerprint density at radius 3 is 2.12 bits per heavy atom. The first-order chi connectivity index (χ1) is 3.33. The predicted molar refractivity (Wildman–Crippen MR) is 33.9 cm³/mol. The van der Waals surface area contributed by atoms with Gasteiger partial charge >= 0.3 is 0 Å². The van der Waals surface area contributed by atoms with E-state index < -0.39 is 0 Å². The maximum atomic E-state index is 8.34. The summed E-state index contributed by atoms with van der Waals surface area (Å²) in [6.45, 7) is 0. The lowest BCUT2D eigenvalue weighted by atomic mass is 10.3. The van der Waals surface area contributed by atoms with Gasteiger partial charge in [0.15, 0.2) is 0 Å². The number of hydrogen-bond acceptors (Lipinski definition) is 2.